The van der Waals surface area contributed by atoms with Gasteiger partial charge in [0.2, 0.25) is 0 Å². The molecule has 7 heteroatoms. The van der Waals surface area contributed by atoms with E-state index < -0.39 is 6.16 Å². The van der Waals surface area contributed by atoms with Crippen LogP contribution in [0.1, 0.15) is 5.56 Å². The first-order valence-electron chi connectivity index (χ1n) is 5.38. The van der Waals surface area contributed by atoms with Crippen molar-refractivity contribution in [3.63, 3.8) is 0 Å². The Hall–Kier alpha value is 1.26. The predicted octanol–water partition coefficient (Wildman–Crippen LogP) is -4.41. The number of carbonyl (C=O) groups is 1. The van der Waals surface area contributed by atoms with Gasteiger partial charge in [-0.1, -0.05) is 52.3 Å². The van der Waals surface area contributed by atoms with Crippen LogP contribution in [0.2, 0.25) is 0 Å². The van der Waals surface area contributed by atoms with Crippen molar-refractivity contribution in [2.24, 2.45) is 0 Å². The van der Waals surface area contributed by atoms with Crippen molar-refractivity contribution in [3.8, 4) is 5.75 Å². The maximum Gasteiger partial charge on any atom is 1.00 e. The number of carbonyl (C=O) groups excluding carboxylic acids is 1. The molecule has 0 radical (unpaired) electrons. The van der Waals surface area contributed by atoms with Gasteiger partial charge in [-0.05, 0) is 29.9 Å². The number of halogens is 1. The number of rotatable bonds is 3. The number of ether oxygens (including phenoxy) is 1. The summed E-state index contributed by atoms with van der Waals surface area (Å²) in [6.45, 7) is 0.608. The van der Waals surface area contributed by atoms with E-state index in [0.29, 0.717) is 6.61 Å². The average molecular weight is 401 g/mol. The molecule has 0 unspecified atom stereocenters. The summed E-state index contributed by atoms with van der Waals surface area (Å²) < 4.78 is 6.68. The molecule has 0 aromatic heterocycles. The molecule has 0 aliphatic heterocycles. The normalized spacial score (nSPS) is 8.24. The standard InChI is InChI=1S/C13H11BrO.CH2O3.2K/c14-12-7-4-8-13(9-12)15-10-11-5-2-1-3-6-11;2-1(3)4;;/h1-9H,10H2;(H2,2,3,4);;/q;;2*+1/p-2. The quantitative estimate of drug-likeness (QED) is 0.487. The first-order valence-corrected chi connectivity index (χ1v) is 6.17. The maximum absolute atomic E-state index is 8.33. The van der Waals surface area contributed by atoms with Crippen LogP contribution in [0.4, 0.5) is 4.79 Å². The Balaban J connectivity index is 0. The molecule has 2 aromatic rings. The molecule has 0 spiro atoms. The minimum absolute atomic E-state index is 0. The molecule has 4 nitrogen and oxygen atoms in total. The summed E-state index contributed by atoms with van der Waals surface area (Å²) in [4.78, 5) is 8.33. The Bertz CT molecular complexity index is 519. The summed E-state index contributed by atoms with van der Waals surface area (Å²) >= 11 is 3.41. The molecule has 0 saturated carbocycles. The predicted molar refractivity (Wildman–Crippen MR) is 70.3 cm³/mol. The summed E-state index contributed by atoms with van der Waals surface area (Å²) in [6.07, 6.45) is -2.33. The van der Waals surface area contributed by atoms with E-state index in [1.807, 2.05) is 42.5 Å². The second-order valence-corrected chi connectivity index (χ2v) is 4.40. The van der Waals surface area contributed by atoms with E-state index >= 15 is 0 Å². The van der Waals surface area contributed by atoms with E-state index in [4.69, 9.17) is 19.7 Å². The van der Waals surface area contributed by atoms with Crippen LogP contribution in [0.5, 0.6) is 5.75 Å². The minimum Gasteiger partial charge on any atom is -0.652 e. The van der Waals surface area contributed by atoms with Crippen LogP contribution >= 0.6 is 15.9 Å². The van der Waals surface area contributed by atoms with Gasteiger partial charge >= 0.3 is 103 Å². The Morgan fingerprint density at radius 3 is 2.10 bits per heavy atom. The Kier molecular flexibility index (Phi) is 17.3. The molecule has 0 fully saturated rings. The average Bonchev–Trinajstić information content (AvgIpc) is 2.37. The summed E-state index contributed by atoms with van der Waals surface area (Å²) in [5.74, 6) is 0.883. The first-order chi connectivity index (χ1) is 9.08. The van der Waals surface area contributed by atoms with Gasteiger partial charge in [0.1, 0.15) is 12.4 Å². The summed E-state index contributed by atoms with van der Waals surface area (Å²) in [5, 5.41) is 16.7. The number of hydrogen-bond donors (Lipinski definition) is 0. The molecule has 0 heterocycles. The molecule has 2 aromatic carbocycles. The monoisotopic (exact) mass is 400 g/mol. The Morgan fingerprint density at radius 1 is 1.00 bits per heavy atom. The molecule has 100 valence electrons. The molecule has 0 N–H and O–H groups in total. The van der Waals surface area contributed by atoms with Crippen LogP contribution in [0.3, 0.4) is 0 Å². The number of hydrogen-bond acceptors (Lipinski definition) is 4. The van der Waals surface area contributed by atoms with Gasteiger partial charge in [-0.25, -0.2) is 0 Å². The zero-order valence-corrected chi connectivity index (χ0v) is 19.7. The van der Waals surface area contributed by atoms with Crippen molar-refractivity contribution < 1.29 is 123 Å². The summed E-state index contributed by atoms with van der Waals surface area (Å²) in [5.41, 5.74) is 1.18. The van der Waals surface area contributed by atoms with Crippen LogP contribution in [0.25, 0.3) is 0 Å². The largest absolute Gasteiger partial charge is 1.00 e. The molecule has 0 aliphatic rings. The third kappa shape index (κ3) is 13.4. The topological polar surface area (TPSA) is 72.4 Å². The molecule has 0 atom stereocenters. The van der Waals surface area contributed by atoms with Crippen molar-refractivity contribution in [1.82, 2.24) is 0 Å². The fourth-order valence-electron chi connectivity index (χ4n) is 1.30. The first kappa shape index (κ1) is 24.5. The van der Waals surface area contributed by atoms with Crippen molar-refractivity contribution in [1.29, 1.82) is 0 Å². The molecule has 0 bridgehead atoms. The fourth-order valence-corrected chi connectivity index (χ4v) is 1.68. The summed E-state index contributed by atoms with van der Waals surface area (Å²) in [7, 11) is 0. The fraction of sp³-hybridized carbons (Fsp3) is 0.0714. The van der Waals surface area contributed by atoms with Gasteiger partial charge in [0.25, 0.3) is 0 Å². The van der Waals surface area contributed by atoms with E-state index in [9.17, 15) is 0 Å². The molecule has 0 amide bonds. The molecule has 2 rings (SSSR count). The number of carboxylic acid groups (broad SMARTS) is 2. The van der Waals surface area contributed by atoms with Gasteiger partial charge in [0.05, 0.1) is 0 Å². The van der Waals surface area contributed by atoms with Crippen molar-refractivity contribution >= 4 is 22.1 Å². The van der Waals surface area contributed by atoms with Crippen LogP contribution in [0, 0.1) is 0 Å². The maximum atomic E-state index is 8.33. The Labute approximate surface area is 217 Å². The van der Waals surface area contributed by atoms with Gasteiger partial charge in [0.15, 0.2) is 0 Å². The molecular weight excluding hydrogens is 390 g/mol. The molecule has 21 heavy (non-hydrogen) atoms. The van der Waals surface area contributed by atoms with E-state index in [-0.39, 0.29) is 103 Å². The summed E-state index contributed by atoms with van der Waals surface area (Å²) in [6, 6.07) is 18.0. The van der Waals surface area contributed by atoms with Crippen LogP contribution in [0.15, 0.2) is 59.1 Å². The third-order valence-corrected chi connectivity index (χ3v) is 2.54. The van der Waals surface area contributed by atoms with E-state index in [1.165, 1.54) is 5.56 Å². The van der Waals surface area contributed by atoms with Gasteiger partial charge in [-0.3, -0.25) is 0 Å². The smallest absolute Gasteiger partial charge is 0.652 e. The Morgan fingerprint density at radius 2 is 1.57 bits per heavy atom. The molecule has 0 aliphatic carbocycles. The van der Waals surface area contributed by atoms with Gasteiger partial charge in [-0.2, -0.15) is 0 Å². The van der Waals surface area contributed by atoms with Gasteiger partial charge < -0.3 is 19.7 Å². The van der Waals surface area contributed by atoms with Crippen molar-refractivity contribution in [2.45, 2.75) is 6.61 Å². The van der Waals surface area contributed by atoms with Gasteiger partial charge in [-0.15, -0.1) is 0 Å². The number of benzene rings is 2. The zero-order valence-electron chi connectivity index (χ0n) is 11.9. The second-order valence-electron chi connectivity index (χ2n) is 3.48. The van der Waals surface area contributed by atoms with E-state index in [2.05, 4.69) is 28.1 Å². The minimum atomic E-state index is -2.33. The van der Waals surface area contributed by atoms with Crippen molar-refractivity contribution in [3.05, 3.63) is 64.6 Å². The van der Waals surface area contributed by atoms with Crippen LogP contribution in [-0.4, -0.2) is 6.16 Å². The zero-order chi connectivity index (χ0) is 14.1. The SMILES string of the molecule is Brc1cccc(OCc2ccccc2)c1.O=C([O-])[O-].[K+].[K+]. The van der Waals surface area contributed by atoms with Crippen molar-refractivity contribution in [2.75, 3.05) is 0 Å². The van der Waals surface area contributed by atoms with Crippen LogP contribution in [-0.2, 0) is 6.61 Å². The van der Waals surface area contributed by atoms with E-state index in [0.717, 1.165) is 10.2 Å². The second kappa shape index (κ2) is 14.8. The molecule has 0 saturated heterocycles. The van der Waals surface area contributed by atoms with E-state index in [1.54, 1.807) is 0 Å². The van der Waals surface area contributed by atoms with Crippen LogP contribution < -0.4 is 118 Å². The molecular formula is C14H11BrK2O4. The van der Waals surface area contributed by atoms with Gasteiger partial charge in [0, 0.05) is 4.47 Å². The third-order valence-electron chi connectivity index (χ3n) is 2.04.